The molecule has 5 aliphatic rings. The van der Waals surface area contributed by atoms with E-state index in [0.29, 0.717) is 40.2 Å². The van der Waals surface area contributed by atoms with Gasteiger partial charge in [0.05, 0.1) is 32.5 Å². The van der Waals surface area contributed by atoms with Crippen molar-refractivity contribution in [1.82, 2.24) is 0 Å². The fourth-order valence-electron chi connectivity index (χ4n) is 9.47. The molecule has 2 unspecified atom stereocenters. The molecule has 3 saturated heterocycles. The van der Waals surface area contributed by atoms with Gasteiger partial charge in [-0.25, -0.2) is 26.3 Å². The zero-order valence-electron chi connectivity index (χ0n) is 62.1. The van der Waals surface area contributed by atoms with Gasteiger partial charge >= 0.3 is 0 Å². The van der Waals surface area contributed by atoms with E-state index in [0.717, 1.165) is 73.8 Å². The van der Waals surface area contributed by atoms with Crippen molar-refractivity contribution in [3.63, 3.8) is 0 Å². The van der Waals surface area contributed by atoms with E-state index < -0.39 is 23.3 Å². The molecule has 3 heterocycles. The molecule has 0 bridgehead atoms. The minimum Gasteiger partial charge on any atom is -0.378 e. The van der Waals surface area contributed by atoms with Crippen molar-refractivity contribution in [3.8, 4) is 0 Å². The lowest BCUT2D eigenvalue weighted by molar-refractivity contribution is -0.187. The van der Waals surface area contributed by atoms with Gasteiger partial charge in [0.1, 0.15) is 34.9 Å². The van der Waals surface area contributed by atoms with Crippen molar-refractivity contribution in [3.05, 3.63) is 211 Å². The van der Waals surface area contributed by atoms with Gasteiger partial charge in [0.15, 0.2) is 12.6 Å². The lowest BCUT2D eigenvalue weighted by Gasteiger charge is -2.24. The van der Waals surface area contributed by atoms with Crippen LogP contribution in [0.3, 0.4) is 0 Å². The minimum atomic E-state index is -0.475. The molecule has 11 rings (SSSR count). The maximum absolute atomic E-state index is 12.6. The number of rotatable bonds is 0. The summed E-state index contributed by atoms with van der Waals surface area (Å²) in [6, 6.07) is 32.7. The van der Waals surface area contributed by atoms with Crippen molar-refractivity contribution >= 4 is 0 Å². The van der Waals surface area contributed by atoms with Crippen LogP contribution in [0.5, 0.6) is 0 Å². The fraction of sp³-hybridized carbons (Fsp3) is 0.566. The highest BCUT2D eigenvalue weighted by atomic mass is 19.2. The Morgan fingerprint density at radius 3 is 0.638 bits per heavy atom. The summed E-state index contributed by atoms with van der Waals surface area (Å²) in [7, 11) is 0. The molecule has 6 aromatic rings. The van der Waals surface area contributed by atoms with Gasteiger partial charge in [-0.05, 0) is 216 Å². The van der Waals surface area contributed by atoms with Crippen molar-refractivity contribution in [2.45, 2.75) is 235 Å². The average molecular weight is 1320 g/mol. The third kappa shape index (κ3) is 42.3. The number of hydrogen-bond acceptors (Lipinski definition) is 5. The second-order valence-electron chi connectivity index (χ2n) is 27.8. The summed E-state index contributed by atoms with van der Waals surface area (Å²) < 4.78 is 102. The predicted octanol–water partition coefficient (Wildman–Crippen LogP) is 24.2. The first-order valence-corrected chi connectivity index (χ1v) is 34.6. The highest BCUT2D eigenvalue weighted by Gasteiger charge is 2.17. The average Bonchev–Trinajstić information content (AvgIpc) is 1.42. The Morgan fingerprint density at radius 1 is 0.234 bits per heavy atom. The van der Waals surface area contributed by atoms with Crippen LogP contribution in [0.25, 0.3) is 0 Å². The molecule has 0 amide bonds. The van der Waals surface area contributed by atoms with Crippen LogP contribution in [0.15, 0.2) is 109 Å². The molecule has 528 valence electrons. The second kappa shape index (κ2) is 48.4. The van der Waals surface area contributed by atoms with Crippen LogP contribution in [0, 0.1) is 159 Å². The molecule has 5 nitrogen and oxygen atoms in total. The van der Waals surface area contributed by atoms with E-state index in [1.54, 1.807) is 39.8 Å². The summed E-state index contributed by atoms with van der Waals surface area (Å²) in [4.78, 5) is 0. The van der Waals surface area contributed by atoms with Crippen LogP contribution >= 0.6 is 0 Å². The van der Waals surface area contributed by atoms with E-state index in [4.69, 9.17) is 23.7 Å². The van der Waals surface area contributed by atoms with Crippen LogP contribution in [-0.2, 0) is 23.7 Å². The van der Waals surface area contributed by atoms with Crippen molar-refractivity contribution in [2.24, 2.45) is 41.4 Å². The van der Waals surface area contributed by atoms with Gasteiger partial charge in [0.2, 0.25) is 0 Å². The first-order chi connectivity index (χ1) is 44.1. The lowest BCUT2D eigenvalue weighted by Crippen LogP contribution is -2.27. The Kier molecular flexibility index (Phi) is 44.7. The van der Waals surface area contributed by atoms with Gasteiger partial charge < -0.3 is 23.7 Å². The number of hydrogen-bond donors (Lipinski definition) is 0. The third-order valence-corrected chi connectivity index (χ3v) is 16.7. The number of ether oxygens (including phenoxy) is 5. The van der Waals surface area contributed by atoms with E-state index in [9.17, 15) is 26.3 Å². The van der Waals surface area contributed by atoms with E-state index in [-0.39, 0.29) is 35.3 Å². The molecule has 0 spiro atoms. The molecule has 94 heavy (non-hydrogen) atoms. The molecular weight excluding hydrogens is 1190 g/mol. The number of benzene rings is 6. The van der Waals surface area contributed by atoms with Gasteiger partial charge in [0.25, 0.3) is 0 Å². The highest BCUT2D eigenvalue weighted by Crippen LogP contribution is 2.28. The van der Waals surface area contributed by atoms with Gasteiger partial charge in [-0.1, -0.05) is 195 Å². The largest absolute Gasteiger partial charge is 0.378 e. The van der Waals surface area contributed by atoms with E-state index in [1.165, 1.54) is 137 Å². The van der Waals surface area contributed by atoms with Crippen LogP contribution < -0.4 is 0 Å². The maximum atomic E-state index is 12.6. The Labute approximate surface area is 567 Å². The third-order valence-electron chi connectivity index (χ3n) is 16.7. The van der Waals surface area contributed by atoms with E-state index >= 15 is 0 Å². The molecule has 5 fully saturated rings. The second-order valence-corrected chi connectivity index (χ2v) is 27.8. The van der Waals surface area contributed by atoms with Gasteiger partial charge in [-0.2, -0.15) is 0 Å². The van der Waals surface area contributed by atoms with Crippen molar-refractivity contribution in [2.75, 3.05) is 33.0 Å². The monoisotopic (exact) mass is 1310 g/mol. The van der Waals surface area contributed by atoms with Crippen LogP contribution in [0.1, 0.15) is 200 Å². The summed E-state index contributed by atoms with van der Waals surface area (Å²) in [6.45, 7) is 48.1. The number of aryl methyl sites for hydroxylation is 10. The fourth-order valence-corrected chi connectivity index (χ4v) is 9.47. The van der Waals surface area contributed by atoms with Crippen molar-refractivity contribution in [1.29, 1.82) is 0 Å². The topological polar surface area (TPSA) is 46.2 Å². The minimum absolute atomic E-state index is 0.0196. The summed E-state index contributed by atoms with van der Waals surface area (Å²) in [5, 5.41) is 0. The lowest BCUT2D eigenvalue weighted by atomic mass is 9.84. The molecule has 0 radical (unpaired) electrons. The predicted molar refractivity (Wildman–Crippen MR) is 384 cm³/mol. The molecule has 0 N–H and O–H groups in total. The first-order valence-electron chi connectivity index (χ1n) is 34.6. The van der Waals surface area contributed by atoms with E-state index in [2.05, 4.69) is 132 Å². The van der Waals surface area contributed by atoms with Crippen molar-refractivity contribution < 1.29 is 50.0 Å². The summed E-state index contributed by atoms with van der Waals surface area (Å²) in [6.07, 6.45) is 14.9. The Hall–Kier alpha value is -5.30. The standard InChI is InChI=1S/2C8H8F2.2C8H9F.2C8H16.2C8H10.C7H14O.2C6H12O2/c2*1-5-3-7(9)6(2)8(10)4-5;2*1-6-3-4-7(2)8(9)5-6;4*1-7-3-5-8(2)6-4-7;1-6-3-4-7(2)8-5-6;2*1-5-3-7-6(2)8-4-5/h2*3-4H,1-2H3;2*3-5H,1-2H3;2*7-8H,3-6H2,1-2H3;2*3-6H,1-2H3;6-7H,3-5H2,1-2H3;2*5-6H,3-4H2,1-2H3. The van der Waals surface area contributed by atoms with Crippen LogP contribution in [0.4, 0.5) is 26.3 Å². The zero-order chi connectivity index (χ0) is 71.0. The SMILES string of the molecule is CC1CCC(C)CC1.CC1CCC(C)CC1.CC1CCC(C)OC1.CC1COC(C)OC1.CC1COC(C)OC1.Cc1cc(F)c(C)c(F)c1.Cc1cc(F)c(C)c(F)c1.Cc1ccc(C)c(F)c1.Cc1ccc(C)c(F)c1.Cc1ccc(C)cc1.Cc1ccc(C)cc1. The number of halogens is 6. The molecular formula is C83H124F6O5. The summed E-state index contributed by atoms with van der Waals surface area (Å²) in [5.74, 6) is 3.90. The molecule has 2 atom stereocenters. The Bertz CT molecular complexity index is 2510. The molecule has 0 aromatic heterocycles. The molecule has 2 saturated carbocycles. The molecule has 2 aliphatic carbocycles. The highest BCUT2D eigenvalue weighted by molar-refractivity contribution is 5.26. The maximum Gasteiger partial charge on any atom is 0.154 e. The first kappa shape index (κ1) is 86.7. The molecule has 3 aliphatic heterocycles. The van der Waals surface area contributed by atoms with Gasteiger partial charge in [0, 0.05) is 29.6 Å². The normalized spacial score (nSPS) is 22.5. The smallest absolute Gasteiger partial charge is 0.154 e. The molecule has 6 aromatic carbocycles. The van der Waals surface area contributed by atoms with Gasteiger partial charge in [-0.15, -0.1) is 0 Å². The van der Waals surface area contributed by atoms with E-state index in [1.807, 2.05) is 39.8 Å². The summed E-state index contributed by atoms with van der Waals surface area (Å²) in [5.41, 5.74) is 10.1. The zero-order valence-corrected chi connectivity index (χ0v) is 62.1. The quantitative estimate of drug-likeness (QED) is 0.142. The molecule has 11 heteroatoms. The van der Waals surface area contributed by atoms with Gasteiger partial charge in [-0.3, -0.25) is 0 Å². The summed E-state index contributed by atoms with van der Waals surface area (Å²) >= 11 is 0. The Balaban J connectivity index is 0.000000517. The van der Waals surface area contributed by atoms with Crippen LogP contribution in [0.2, 0.25) is 0 Å². The van der Waals surface area contributed by atoms with Crippen LogP contribution in [-0.4, -0.2) is 51.7 Å². The Morgan fingerprint density at radius 2 is 0.447 bits per heavy atom.